The molecule has 1 aliphatic heterocycles. The van der Waals surface area contributed by atoms with Crippen LogP contribution in [0.5, 0.6) is 0 Å². The van der Waals surface area contributed by atoms with Gasteiger partial charge in [-0.1, -0.05) is 6.07 Å². The number of nitrogens with one attached hydrogen (secondary N) is 1. The summed E-state index contributed by atoms with van der Waals surface area (Å²) in [7, 11) is 0. The lowest BCUT2D eigenvalue weighted by Gasteiger charge is -2.28. The highest BCUT2D eigenvalue weighted by Gasteiger charge is 2.25. The lowest BCUT2D eigenvalue weighted by molar-refractivity contribution is 0.185. The topological polar surface area (TPSA) is 48.7 Å². The third-order valence-corrected chi connectivity index (χ3v) is 5.47. The molecule has 24 heavy (non-hydrogen) atoms. The Labute approximate surface area is 147 Å². The van der Waals surface area contributed by atoms with Crippen LogP contribution in [0.2, 0.25) is 0 Å². The van der Waals surface area contributed by atoms with Gasteiger partial charge in [-0.25, -0.2) is 4.79 Å². The molecule has 5 nitrogen and oxygen atoms in total. The fraction of sp³-hybridized carbons (Fsp3) is 0.500. The Morgan fingerprint density at radius 2 is 2.21 bits per heavy atom. The second-order valence-electron chi connectivity index (χ2n) is 6.05. The number of carbonyl (C=O) groups excluding carboxylic acids is 1. The molecule has 1 atom stereocenters. The van der Waals surface area contributed by atoms with Crippen LogP contribution in [-0.4, -0.2) is 42.0 Å². The third-order valence-electron chi connectivity index (χ3n) is 4.50. The fourth-order valence-corrected chi connectivity index (χ4v) is 4.02. The number of urea groups is 1. The van der Waals surface area contributed by atoms with Gasteiger partial charge in [0, 0.05) is 18.0 Å². The molecule has 2 amide bonds. The molecule has 130 valence electrons. The monoisotopic (exact) mass is 347 g/mol. The van der Waals surface area contributed by atoms with Crippen molar-refractivity contribution in [1.29, 1.82) is 0 Å². The molecular formula is C18H25N3O2S. The predicted molar refractivity (Wildman–Crippen MR) is 96.1 cm³/mol. The van der Waals surface area contributed by atoms with Crippen LogP contribution < -0.4 is 5.32 Å². The summed E-state index contributed by atoms with van der Waals surface area (Å²) in [6.45, 7) is 6.01. The zero-order chi connectivity index (χ0) is 16.8. The SMILES string of the molecule is CCN(Cc1ccco1)C(=O)NC[C@@H](c1cccs1)N1CCCC1. The van der Waals surface area contributed by atoms with E-state index in [1.54, 1.807) is 22.5 Å². The first-order valence-corrected chi connectivity index (χ1v) is 9.48. The molecule has 0 unspecified atom stereocenters. The number of hydrogen-bond donors (Lipinski definition) is 1. The number of likely N-dealkylation sites (tertiary alicyclic amines) is 1. The molecular weight excluding hydrogens is 322 g/mol. The van der Waals surface area contributed by atoms with Crippen LogP contribution in [-0.2, 0) is 6.54 Å². The summed E-state index contributed by atoms with van der Waals surface area (Å²) in [5.74, 6) is 0.807. The van der Waals surface area contributed by atoms with Crippen LogP contribution in [0.1, 0.15) is 36.4 Å². The van der Waals surface area contributed by atoms with E-state index in [4.69, 9.17) is 4.42 Å². The van der Waals surface area contributed by atoms with Gasteiger partial charge >= 0.3 is 6.03 Å². The van der Waals surface area contributed by atoms with Crippen molar-refractivity contribution in [1.82, 2.24) is 15.1 Å². The van der Waals surface area contributed by atoms with Crippen molar-refractivity contribution in [2.45, 2.75) is 32.4 Å². The van der Waals surface area contributed by atoms with E-state index in [0.717, 1.165) is 18.8 Å². The number of amides is 2. The second kappa shape index (κ2) is 8.35. The number of carbonyl (C=O) groups is 1. The maximum absolute atomic E-state index is 12.5. The van der Waals surface area contributed by atoms with Gasteiger partial charge in [-0.2, -0.15) is 0 Å². The van der Waals surface area contributed by atoms with Gasteiger partial charge in [-0.15, -0.1) is 11.3 Å². The van der Waals surface area contributed by atoms with Crippen LogP contribution >= 0.6 is 11.3 Å². The van der Waals surface area contributed by atoms with E-state index < -0.39 is 0 Å². The summed E-state index contributed by atoms with van der Waals surface area (Å²) in [5, 5.41) is 5.23. The summed E-state index contributed by atoms with van der Waals surface area (Å²) >= 11 is 1.77. The van der Waals surface area contributed by atoms with E-state index in [2.05, 4.69) is 27.7 Å². The summed E-state index contributed by atoms with van der Waals surface area (Å²) in [6.07, 6.45) is 4.13. The first kappa shape index (κ1) is 17.0. The average Bonchev–Trinajstić information content (AvgIpc) is 3.34. The molecule has 0 aromatic carbocycles. The van der Waals surface area contributed by atoms with Gasteiger partial charge < -0.3 is 14.6 Å². The molecule has 0 aliphatic carbocycles. The Hall–Kier alpha value is -1.79. The minimum absolute atomic E-state index is 0.0327. The molecule has 0 spiro atoms. The van der Waals surface area contributed by atoms with Crippen molar-refractivity contribution in [3.8, 4) is 0 Å². The van der Waals surface area contributed by atoms with Crippen molar-refractivity contribution in [3.63, 3.8) is 0 Å². The highest BCUT2D eigenvalue weighted by Crippen LogP contribution is 2.27. The van der Waals surface area contributed by atoms with Crippen molar-refractivity contribution >= 4 is 17.4 Å². The normalized spacial score (nSPS) is 16.2. The summed E-state index contributed by atoms with van der Waals surface area (Å²) in [4.78, 5) is 18.1. The largest absolute Gasteiger partial charge is 0.467 e. The van der Waals surface area contributed by atoms with E-state index in [9.17, 15) is 4.79 Å². The van der Waals surface area contributed by atoms with Crippen LogP contribution in [0.3, 0.4) is 0 Å². The number of rotatable bonds is 7. The summed E-state index contributed by atoms with van der Waals surface area (Å²) in [5.41, 5.74) is 0. The summed E-state index contributed by atoms with van der Waals surface area (Å²) in [6, 6.07) is 8.24. The minimum atomic E-state index is -0.0327. The molecule has 1 fully saturated rings. The Morgan fingerprint density at radius 3 is 2.83 bits per heavy atom. The van der Waals surface area contributed by atoms with Crippen molar-refractivity contribution in [2.75, 3.05) is 26.2 Å². The second-order valence-corrected chi connectivity index (χ2v) is 7.03. The van der Waals surface area contributed by atoms with Crippen molar-refractivity contribution in [2.24, 2.45) is 0 Å². The number of nitrogens with zero attached hydrogens (tertiary/aromatic N) is 2. The van der Waals surface area contributed by atoms with E-state index in [1.165, 1.54) is 17.7 Å². The molecule has 2 aromatic heterocycles. The quantitative estimate of drug-likeness (QED) is 0.831. The first-order valence-electron chi connectivity index (χ1n) is 8.60. The van der Waals surface area contributed by atoms with Gasteiger partial charge in [0.2, 0.25) is 0 Å². The number of furan rings is 1. The molecule has 1 saturated heterocycles. The Morgan fingerprint density at radius 1 is 1.38 bits per heavy atom. The van der Waals surface area contributed by atoms with Crippen LogP contribution in [0.15, 0.2) is 40.3 Å². The lowest BCUT2D eigenvalue weighted by Crippen LogP contribution is -2.43. The smallest absolute Gasteiger partial charge is 0.317 e. The highest BCUT2D eigenvalue weighted by atomic mass is 32.1. The van der Waals surface area contributed by atoms with Gasteiger partial charge in [0.1, 0.15) is 5.76 Å². The van der Waals surface area contributed by atoms with E-state index in [1.807, 2.05) is 19.1 Å². The predicted octanol–water partition coefficient (Wildman–Crippen LogP) is 3.71. The Bertz CT molecular complexity index is 606. The number of thiophene rings is 1. The van der Waals surface area contributed by atoms with Crippen LogP contribution in [0.25, 0.3) is 0 Å². The maximum Gasteiger partial charge on any atom is 0.317 e. The lowest BCUT2D eigenvalue weighted by atomic mass is 10.2. The maximum atomic E-state index is 12.5. The van der Waals surface area contributed by atoms with Gasteiger partial charge in [0.25, 0.3) is 0 Å². The Kier molecular flexibility index (Phi) is 5.93. The van der Waals surface area contributed by atoms with Gasteiger partial charge in [-0.3, -0.25) is 4.90 Å². The molecule has 3 rings (SSSR count). The zero-order valence-corrected chi connectivity index (χ0v) is 14.9. The van der Waals surface area contributed by atoms with E-state index >= 15 is 0 Å². The molecule has 1 N–H and O–H groups in total. The molecule has 1 aliphatic rings. The minimum Gasteiger partial charge on any atom is -0.467 e. The zero-order valence-electron chi connectivity index (χ0n) is 14.1. The standard InChI is InChI=1S/C18H25N3O2S/c1-2-20(14-15-7-5-11-23-15)18(22)19-13-16(17-8-6-12-24-17)21-9-3-4-10-21/h5-8,11-12,16H,2-4,9-10,13-14H2,1H3,(H,19,22)/t16-/m0/s1. The van der Waals surface area contributed by atoms with Gasteiger partial charge in [-0.05, 0) is 56.4 Å². The van der Waals surface area contributed by atoms with Crippen LogP contribution in [0, 0.1) is 0 Å². The molecule has 0 saturated carbocycles. The number of hydrogen-bond acceptors (Lipinski definition) is 4. The average molecular weight is 347 g/mol. The molecule has 6 heteroatoms. The molecule has 3 heterocycles. The van der Waals surface area contributed by atoms with Crippen LogP contribution in [0.4, 0.5) is 4.79 Å². The highest BCUT2D eigenvalue weighted by molar-refractivity contribution is 7.10. The Balaban J connectivity index is 1.59. The fourth-order valence-electron chi connectivity index (χ4n) is 3.16. The molecule has 2 aromatic rings. The van der Waals surface area contributed by atoms with Crippen molar-refractivity contribution < 1.29 is 9.21 Å². The summed E-state index contributed by atoms with van der Waals surface area (Å²) < 4.78 is 5.35. The van der Waals surface area contributed by atoms with Gasteiger partial charge in [0.15, 0.2) is 0 Å². The van der Waals surface area contributed by atoms with Crippen molar-refractivity contribution in [3.05, 3.63) is 46.5 Å². The first-order chi connectivity index (χ1) is 11.8. The van der Waals surface area contributed by atoms with E-state index in [0.29, 0.717) is 19.6 Å². The molecule has 0 bridgehead atoms. The van der Waals surface area contributed by atoms with E-state index in [-0.39, 0.29) is 12.1 Å². The molecule has 0 radical (unpaired) electrons. The van der Waals surface area contributed by atoms with Gasteiger partial charge in [0.05, 0.1) is 18.8 Å². The third kappa shape index (κ3) is 4.19.